The van der Waals surface area contributed by atoms with Gasteiger partial charge in [-0.1, -0.05) is 6.92 Å². The number of nitrogens with zero attached hydrogens (tertiary/aromatic N) is 2. The molecule has 0 saturated carbocycles. The Bertz CT molecular complexity index is 380. The summed E-state index contributed by atoms with van der Waals surface area (Å²) in [7, 11) is 1.08. The van der Waals surface area contributed by atoms with Gasteiger partial charge in [0.25, 0.3) is 0 Å². The lowest BCUT2D eigenvalue weighted by Gasteiger charge is -2.16. The third-order valence-electron chi connectivity index (χ3n) is 2.27. The van der Waals surface area contributed by atoms with Crippen LogP contribution in [-0.4, -0.2) is 20.6 Å². The maximum atomic E-state index is 11.2. The molecule has 0 aliphatic carbocycles. The topological polar surface area (TPSA) is 35.1 Å². The molecule has 0 aromatic carbocycles. The first-order valence-corrected chi connectivity index (χ1v) is 6.90. The quantitative estimate of drug-likeness (QED) is 0.747. The van der Waals surface area contributed by atoms with E-state index in [1.54, 1.807) is 0 Å². The fourth-order valence-electron chi connectivity index (χ4n) is 1.45. The molecular weight excluding hydrogens is 224 g/mol. The summed E-state index contributed by atoms with van der Waals surface area (Å²) >= 11 is 0. The van der Waals surface area contributed by atoms with Crippen LogP contribution in [0.2, 0.25) is 0 Å². The predicted molar refractivity (Wildman–Crippen MR) is 64.8 cm³/mol. The average molecular weight is 245 g/mol. The van der Waals surface area contributed by atoms with Gasteiger partial charge in [-0.25, -0.2) is 0 Å². The molecule has 0 N–H and O–H groups in total. The first-order chi connectivity index (χ1) is 7.34. The Balaban J connectivity index is 2.74. The monoisotopic (exact) mass is 245 g/mol. The summed E-state index contributed by atoms with van der Waals surface area (Å²) in [6.07, 6.45) is 3.84. The smallest absolute Gasteiger partial charge is 0.237 e. The molecule has 92 valence electrons. The van der Waals surface area contributed by atoms with Crippen molar-refractivity contribution in [2.45, 2.75) is 33.2 Å². The van der Waals surface area contributed by atoms with Gasteiger partial charge in [0.15, 0.2) is 13.0 Å². The van der Waals surface area contributed by atoms with Crippen LogP contribution < -0.4 is 9.42 Å². The van der Waals surface area contributed by atoms with Crippen LogP contribution in [0.25, 0.3) is 0 Å². The van der Waals surface area contributed by atoms with Crippen molar-refractivity contribution in [1.82, 2.24) is 4.68 Å². The van der Waals surface area contributed by atoms with Crippen molar-refractivity contribution >= 4 is 10.8 Å². The second-order valence-corrected chi connectivity index (χ2v) is 6.43. The average Bonchev–Trinajstić information content (AvgIpc) is 2.55. The molecule has 1 atom stereocenters. The first kappa shape index (κ1) is 13.2. The number of hydrogen-bond donors (Lipinski definition) is 0. The van der Waals surface area contributed by atoms with Crippen molar-refractivity contribution in [2.24, 2.45) is 7.05 Å². The SMILES string of the molecule is CCS(=O)COc1cn(C(C)(C)C)[n+](C)c1. The molecular formula is C11H21N2O2S+. The van der Waals surface area contributed by atoms with E-state index >= 15 is 0 Å². The number of aryl methyl sites for hydroxylation is 1. The van der Waals surface area contributed by atoms with Gasteiger partial charge in [-0.3, -0.25) is 4.21 Å². The van der Waals surface area contributed by atoms with Crippen LogP contribution in [0.1, 0.15) is 27.7 Å². The fourth-order valence-corrected chi connectivity index (χ4v) is 1.88. The highest BCUT2D eigenvalue weighted by Crippen LogP contribution is 2.15. The fraction of sp³-hybridized carbons (Fsp3) is 0.727. The van der Waals surface area contributed by atoms with Crippen LogP contribution in [-0.2, 0) is 23.4 Å². The minimum Gasteiger partial charge on any atom is -0.473 e. The van der Waals surface area contributed by atoms with Crippen molar-refractivity contribution in [3.8, 4) is 5.75 Å². The number of hydrogen-bond acceptors (Lipinski definition) is 2. The molecule has 1 rings (SSSR count). The Morgan fingerprint density at radius 2 is 2.12 bits per heavy atom. The molecule has 1 aromatic heterocycles. The van der Waals surface area contributed by atoms with Crippen molar-refractivity contribution in [3.05, 3.63) is 12.4 Å². The van der Waals surface area contributed by atoms with Gasteiger partial charge >= 0.3 is 0 Å². The Morgan fingerprint density at radius 3 is 2.56 bits per heavy atom. The van der Waals surface area contributed by atoms with Crippen LogP contribution in [0.5, 0.6) is 5.75 Å². The lowest BCUT2D eigenvalue weighted by molar-refractivity contribution is -0.759. The minimum atomic E-state index is -0.887. The highest BCUT2D eigenvalue weighted by atomic mass is 32.2. The molecule has 0 aliphatic rings. The molecule has 0 radical (unpaired) electrons. The van der Waals surface area contributed by atoms with Crippen LogP contribution in [0, 0.1) is 0 Å². The third-order valence-corrected chi connectivity index (χ3v) is 3.29. The molecule has 4 nitrogen and oxygen atoms in total. The highest BCUT2D eigenvalue weighted by molar-refractivity contribution is 7.84. The molecule has 1 heterocycles. The number of aromatic nitrogens is 2. The van der Waals surface area contributed by atoms with E-state index in [1.165, 1.54) is 0 Å². The van der Waals surface area contributed by atoms with Gasteiger partial charge in [0.05, 0.1) is 16.3 Å². The minimum absolute atomic E-state index is 0.0142. The Hall–Kier alpha value is -0.840. The molecule has 0 fully saturated rings. The van der Waals surface area contributed by atoms with Crippen LogP contribution >= 0.6 is 0 Å². The maximum Gasteiger partial charge on any atom is 0.237 e. The molecule has 0 saturated heterocycles. The van der Waals surface area contributed by atoms with E-state index in [0.717, 1.165) is 5.75 Å². The van der Waals surface area contributed by atoms with Gasteiger partial charge in [0.1, 0.15) is 6.20 Å². The summed E-state index contributed by atoms with van der Waals surface area (Å²) in [6.45, 7) is 8.27. The summed E-state index contributed by atoms with van der Waals surface area (Å²) in [5.41, 5.74) is 0.0142. The predicted octanol–water partition coefficient (Wildman–Crippen LogP) is 1.17. The third kappa shape index (κ3) is 3.33. The molecule has 5 heteroatoms. The van der Waals surface area contributed by atoms with Crippen LogP contribution in [0.4, 0.5) is 0 Å². The Labute approximate surface area is 99.7 Å². The van der Waals surface area contributed by atoms with E-state index in [0.29, 0.717) is 5.75 Å². The molecule has 1 aromatic rings. The van der Waals surface area contributed by atoms with Gasteiger partial charge in [-0.15, -0.1) is 4.68 Å². The van der Waals surface area contributed by atoms with Crippen molar-refractivity contribution in [2.75, 3.05) is 11.7 Å². The van der Waals surface area contributed by atoms with Crippen LogP contribution in [0.15, 0.2) is 12.4 Å². The van der Waals surface area contributed by atoms with Gasteiger partial charge < -0.3 is 4.74 Å². The van der Waals surface area contributed by atoms with E-state index in [1.807, 2.05) is 31.0 Å². The molecule has 0 amide bonds. The zero-order valence-corrected chi connectivity index (χ0v) is 11.5. The van der Waals surface area contributed by atoms with Gasteiger partial charge in [0.2, 0.25) is 11.9 Å². The summed E-state index contributed by atoms with van der Waals surface area (Å²) in [5, 5.41) is 0. The Kier molecular flexibility index (Phi) is 4.13. The van der Waals surface area contributed by atoms with Crippen molar-refractivity contribution in [1.29, 1.82) is 0 Å². The Morgan fingerprint density at radius 1 is 1.50 bits per heavy atom. The van der Waals surface area contributed by atoms with E-state index in [2.05, 4.69) is 25.5 Å². The zero-order valence-electron chi connectivity index (χ0n) is 10.7. The van der Waals surface area contributed by atoms with Crippen molar-refractivity contribution in [3.63, 3.8) is 0 Å². The summed E-state index contributed by atoms with van der Waals surface area (Å²) in [5.74, 6) is 1.66. The molecule has 0 spiro atoms. The van der Waals surface area contributed by atoms with Crippen LogP contribution in [0.3, 0.4) is 0 Å². The zero-order chi connectivity index (χ0) is 12.3. The van der Waals surface area contributed by atoms with Crippen molar-refractivity contribution < 1.29 is 13.6 Å². The van der Waals surface area contributed by atoms with E-state index in [9.17, 15) is 4.21 Å². The number of ether oxygens (including phenoxy) is 1. The molecule has 0 bridgehead atoms. The number of rotatable bonds is 4. The van der Waals surface area contributed by atoms with E-state index in [4.69, 9.17) is 4.74 Å². The molecule has 0 aliphatic heterocycles. The molecule has 1 unspecified atom stereocenters. The second kappa shape index (κ2) is 4.99. The second-order valence-electron chi connectivity index (χ2n) is 4.74. The standard InChI is InChI=1S/C11H21N2O2S/c1-6-16(14)9-15-10-7-12(5)13(8-10)11(2,3)4/h7-8H,6,9H2,1-5H3/q+1. The largest absolute Gasteiger partial charge is 0.473 e. The van der Waals surface area contributed by atoms with Gasteiger partial charge in [-0.2, -0.15) is 4.68 Å². The summed E-state index contributed by atoms with van der Waals surface area (Å²) < 4.78 is 20.8. The lowest BCUT2D eigenvalue weighted by Crippen LogP contribution is -2.45. The highest BCUT2D eigenvalue weighted by Gasteiger charge is 2.22. The maximum absolute atomic E-state index is 11.2. The van der Waals surface area contributed by atoms with Gasteiger partial charge in [-0.05, 0) is 20.8 Å². The normalized spacial score (nSPS) is 13.8. The summed E-state index contributed by atoms with van der Waals surface area (Å²) in [6, 6.07) is 0. The first-order valence-electron chi connectivity index (χ1n) is 5.41. The lowest BCUT2D eigenvalue weighted by atomic mass is 10.1. The molecule has 16 heavy (non-hydrogen) atoms. The van der Waals surface area contributed by atoms with E-state index in [-0.39, 0.29) is 11.5 Å². The summed E-state index contributed by atoms with van der Waals surface area (Å²) in [4.78, 5) is 0. The van der Waals surface area contributed by atoms with E-state index < -0.39 is 10.8 Å². The van der Waals surface area contributed by atoms with Gasteiger partial charge in [0, 0.05) is 5.75 Å².